The van der Waals surface area contributed by atoms with Crippen molar-refractivity contribution in [2.75, 3.05) is 5.73 Å². The Morgan fingerprint density at radius 1 is 1.07 bits per heavy atom. The molecule has 4 rings (SSSR count). The fourth-order valence-corrected chi connectivity index (χ4v) is 4.21. The Labute approximate surface area is 171 Å². The second kappa shape index (κ2) is 8.16. The molecule has 0 bridgehead atoms. The van der Waals surface area contributed by atoms with Crippen LogP contribution in [0.4, 0.5) is 5.69 Å². The standard InChI is InChI=1S/C25H27NO3/c1-2-16-6-3-4-7-17(16)12-13-21-15-22(27)24(25(28)29-21)23(18-10-11-18)19-8-5-9-20(26)14-19/h3-9,14-15,18,23,27H,2,10-13,26H2,1H3. The fourth-order valence-electron chi connectivity index (χ4n) is 4.21. The molecular formula is C25H27NO3. The average molecular weight is 389 g/mol. The summed E-state index contributed by atoms with van der Waals surface area (Å²) >= 11 is 0. The SMILES string of the molecule is CCc1ccccc1CCc1cc(O)c(C(c2cccc(N)c2)C2CC2)c(=O)o1. The first-order valence-corrected chi connectivity index (χ1v) is 10.3. The molecule has 150 valence electrons. The summed E-state index contributed by atoms with van der Waals surface area (Å²) in [6.45, 7) is 2.13. The molecule has 0 spiro atoms. The third kappa shape index (κ3) is 4.21. The number of nitrogens with two attached hydrogens (primary N) is 1. The van der Waals surface area contributed by atoms with E-state index in [-0.39, 0.29) is 11.7 Å². The molecule has 1 aliphatic rings. The summed E-state index contributed by atoms with van der Waals surface area (Å²) in [6, 6.07) is 17.5. The van der Waals surface area contributed by atoms with E-state index in [2.05, 4.69) is 19.1 Å². The first-order valence-electron chi connectivity index (χ1n) is 10.3. The highest BCUT2D eigenvalue weighted by molar-refractivity contribution is 5.47. The molecule has 4 nitrogen and oxygen atoms in total. The Morgan fingerprint density at radius 2 is 1.83 bits per heavy atom. The van der Waals surface area contributed by atoms with Gasteiger partial charge < -0.3 is 15.3 Å². The lowest BCUT2D eigenvalue weighted by Gasteiger charge is -2.18. The lowest BCUT2D eigenvalue weighted by molar-refractivity contribution is 0.403. The van der Waals surface area contributed by atoms with Gasteiger partial charge in [-0.15, -0.1) is 0 Å². The van der Waals surface area contributed by atoms with Crippen LogP contribution in [0.1, 0.15) is 53.7 Å². The van der Waals surface area contributed by atoms with E-state index >= 15 is 0 Å². The number of hydrogen-bond donors (Lipinski definition) is 2. The third-order valence-corrected chi connectivity index (χ3v) is 5.83. The average Bonchev–Trinajstić information content (AvgIpc) is 3.54. The highest BCUT2D eigenvalue weighted by Gasteiger charge is 2.37. The molecule has 1 fully saturated rings. The molecule has 4 heteroatoms. The fraction of sp³-hybridized carbons (Fsp3) is 0.320. The van der Waals surface area contributed by atoms with E-state index in [1.54, 1.807) is 6.07 Å². The molecule has 0 aliphatic heterocycles. The van der Waals surface area contributed by atoms with E-state index in [4.69, 9.17) is 10.2 Å². The Bertz CT molecular complexity index is 1070. The molecule has 0 amide bonds. The number of hydrogen-bond acceptors (Lipinski definition) is 4. The third-order valence-electron chi connectivity index (χ3n) is 5.83. The molecule has 29 heavy (non-hydrogen) atoms. The summed E-state index contributed by atoms with van der Waals surface area (Å²) < 4.78 is 5.65. The van der Waals surface area contributed by atoms with Crippen molar-refractivity contribution in [1.29, 1.82) is 0 Å². The number of benzene rings is 2. The zero-order valence-corrected chi connectivity index (χ0v) is 16.7. The van der Waals surface area contributed by atoms with Gasteiger partial charge in [-0.1, -0.05) is 43.3 Å². The van der Waals surface area contributed by atoms with Gasteiger partial charge in [-0.25, -0.2) is 4.79 Å². The summed E-state index contributed by atoms with van der Waals surface area (Å²) in [5.41, 5.74) is 10.0. The summed E-state index contributed by atoms with van der Waals surface area (Å²) in [6.07, 6.45) is 4.38. The van der Waals surface area contributed by atoms with Crippen LogP contribution in [0, 0.1) is 5.92 Å². The van der Waals surface area contributed by atoms with Crippen LogP contribution in [-0.2, 0) is 19.3 Å². The van der Waals surface area contributed by atoms with Crippen molar-refractivity contribution in [3.63, 3.8) is 0 Å². The van der Waals surface area contributed by atoms with Gasteiger partial charge in [0.1, 0.15) is 11.5 Å². The van der Waals surface area contributed by atoms with Crippen molar-refractivity contribution in [2.24, 2.45) is 5.92 Å². The Kier molecular flexibility index (Phi) is 5.43. The van der Waals surface area contributed by atoms with Gasteiger partial charge >= 0.3 is 5.63 Å². The molecule has 1 saturated carbocycles. The number of rotatable bonds is 7. The Morgan fingerprint density at radius 3 is 2.48 bits per heavy atom. The molecule has 1 unspecified atom stereocenters. The number of anilines is 1. The molecule has 3 N–H and O–H groups in total. The summed E-state index contributed by atoms with van der Waals surface area (Å²) in [5.74, 6) is 0.709. The van der Waals surface area contributed by atoms with Crippen molar-refractivity contribution < 1.29 is 9.52 Å². The van der Waals surface area contributed by atoms with E-state index in [0.717, 1.165) is 31.2 Å². The second-order valence-electron chi connectivity index (χ2n) is 7.91. The maximum atomic E-state index is 12.9. The van der Waals surface area contributed by atoms with Crippen LogP contribution in [0.15, 0.2) is 63.8 Å². The molecule has 0 saturated heterocycles. The topological polar surface area (TPSA) is 76.5 Å². The zero-order valence-electron chi connectivity index (χ0n) is 16.7. The van der Waals surface area contributed by atoms with Gasteiger partial charge in [0.15, 0.2) is 0 Å². The quantitative estimate of drug-likeness (QED) is 0.568. The molecule has 3 aromatic rings. The summed E-state index contributed by atoms with van der Waals surface area (Å²) in [4.78, 5) is 12.9. The normalized spacial score (nSPS) is 14.7. The van der Waals surface area contributed by atoms with Crippen molar-refractivity contribution in [1.82, 2.24) is 0 Å². The number of nitrogen functional groups attached to an aromatic ring is 1. The molecule has 0 radical (unpaired) electrons. The van der Waals surface area contributed by atoms with E-state index in [1.165, 1.54) is 11.1 Å². The minimum Gasteiger partial charge on any atom is -0.507 e. The van der Waals surface area contributed by atoms with Crippen LogP contribution in [0.25, 0.3) is 0 Å². The Balaban J connectivity index is 1.62. The summed E-state index contributed by atoms with van der Waals surface area (Å²) in [5, 5.41) is 10.8. The number of aryl methyl sites for hydroxylation is 3. The van der Waals surface area contributed by atoms with Crippen molar-refractivity contribution in [2.45, 2.75) is 44.9 Å². The van der Waals surface area contributed by atoms with Gasteiger partial charge in [-0.3, -0.25) is 0 Å². The van der Waals surface area contributed by atoms with E-state index in [1.807, 2.05) is 36.4 Å². The van der Waals surface area contributed by atoms with Crippen LogP contribution >= 0.6 is 0 Å². The predicted molar refractivity (Wildman–Crippen MR) is 115 cm³/mol. The predicted octanol–water partition coefficient (Wildman–Crippen LogP) is 4.82. The maximum Gasteiger partial charge on any atom is 0.343 e. The Hall–Kier alpha value is -3.01. The van der Waals surface area contributed by atoms with Gasteiger partial charge in [0, 0.05) is 24.1 Å². The van der Waals surface area contributed by atoms with Gasteiger partial charge in [-0.2, -0.15) is 0 Å². The van der Waals surface area contributed by atoms with Crippen LogP contribution in [0.2, 0.25) is 0 Å². The highest BCUT2D eigenvalue weighted by atomic mass is 16.4. The molecular weight excluding hydrogens is 362 g/mol. The summed E-state index contributed by atoms with van der Waals surface area (Å²) in [7, 11) is 0. The van der Waals surface area contributed by atoms with Crippen LogP contribution in [0.3, 0.4) is 0 Å². The van der Waals surface area contributed by atoms with Crippen molar-refractivity contribution in [3.05, 3.63) is 93.0 Å². The van der Waals surface area contributed by atoms with Gasteiger partial charge in [0.2, 0.25) is 0 Å². The lowest BCUT2D eigenvalue weighted by atomic mass is 9.87. The first kappa shape index (κ1) is 19.3. The van der Waals surface area contributed by atoms with Crippen molar-refractivity contribution in [3.8, 4) is 5.75 Å². The lowest BCUT2D eigenvalue weighted by Crippen LogP contribution is -2.17. The zero-order chi connectivity index (χ0) is 20.4. The minimum atomic E-state index is -0.442. The van der Waals surface area contributed by atoms with Crippen molar-refractivity contribution >= 4 is 5.69 Å². The van der Waals surface area contributed by atoms with Crippen LogP contribution in [0.5, 0.6) is 5.75 Å². The molecule has 1 heterocycles. The van der Waals surface area contributed by atoms with E-state index in [9.17, 15) is 9.90 Å². The maximum absolute atomic E-state index is 12.9. The van der Waals surface area contributed by atoms with Gasteiger partial charge in [0.25, 0.3) is 0 Å². The monoisotopic (exact) mass is 389 g/mol. The minimum absolute atomic E-state index is 0.0272. The molecule has 1 atom stereocenters. The molecule has 2 aromatic carbocycles. The van der Waals surface area contributed by atoms with E-state index < -0.39 is 5.63 Å². The first-order chi connectivity index (χ1) is 14.1. The molecule has 1 aliphatic carbocycles. The second-order valence-corrected chi connectivity index (χ2v) is 7.91. The van der Waals surface area contributed by atoms with Crippen LogP contribution < -0.4 is 11.4 Å². The smallest absolute Gasteiger partial charge is 0.343 e. The number of aromatic hydroxyl groups is 1. The highest BCUT2D eigenvalue weighted by Crippen LogP contribution is 2.47. The molecule has 1 aromatic heterocycles. The van der Waals surface area contributed by atoms with Crippen LogP contribution in [-0.4, -0.2) is 5.11 Å². The van der Waals surface area contributed by atoms with Gasteiger partial charge in [0.05, 0.1) is 5.56 Å². The largest absolute Gasteiger partial charge is 0.507 e. The van der Waals surface area contributed by atoms with Gasteiger partial charge in [-0.05, 0) is 60.4 Å². The van der Waals surface area contributed by atoms with E-state index in [0.29, 0.717) is 29.3 Å².